The van der Waals surface area contributed by atoms with E-state index in [1.54, 1.807) is 13.0 Å². The van der Waals surface area contributed by atoms with Crippen molar-refractivity contribution in [2.75, 3.05) is 6.54 Å². The molecule has 3 aromatic rings. The number of carbonyl (C=O) groups is 2. The number of nitrogens with one attached hydrogen (secondary N) is 1. The van der Waals surface area contributed by atoms with E-state index in [1.165, 1.54) is 11.3 Å². The second kappa shape index (κ2) is 11.2. The van der Waals surface area contributed by atoms with Gasteiger partial charge in [-0.05, 0) is 43.0 Å². The maximum atomic E-state index is 12.8. The summed E-state index contributed by atoms with van der Waals surface area (Å²) in [6, 6.07) is 23.0. The fraction of sp³-hybridized carbons (Fsp3) is 0.240. The van der Waals surface area contributed by atoms with Crippen LogP contribution in [0.2, 0.25) is 0 Å². The first-order valence-electron chi connectivity index (χ1n) is 10.5. The third kappa shape index (κ3) is 6.28. The number of hydrogen-bond acceptors (Lipinski definition) is 4. The summed E-state index contributed by atoms with van der Waals surface area (Å²) in [4.78, 5) is 30.0. The molecule has 0 aliphatic rings. The third-order valence-corrected chi connectivity index (χ3v) is 6.17. The predicted molar refractivity (Wildman–Crippen MR) is 128 cm³/mol. The molecule has 1 aromatic heterocycles. The Morgan fingerprint density at radius 3 is 2.12 bits per heavy atom. The number of carboxylic acid groups (broad SMARTS) is 1. The molecular formula is C25H27N3O3S. The Labute approximate surface area is 191 Å². The quantitative estimate of drug-likeness (QED) is 0.244. The number of amidine groups is 1. The van der Waals surface area contributed by atoms with Crippen molar-refractivity contribution in [1.29, 1.82) is 0 Å². The van der Waals surface area contributed by atoms with Crippen LogP contribution in [-0.4, -0.2) is 35.4 Å². The zero-order valence-electron chi connectivity index (χ0n) is 17.9. The first kappa shape index (κ1) is 23.2. The number of aliphatic carboxylic acids is 1. The number of thiophene rings is 1. The van der Waals surface area contributed by atoms with E-state index in [2.05, 4.69) is 34.6 Å². The van der Waals surface area contributed by atoms with Gasteiger partial charge in [0.2, 0.25) is 0 Å². The molecule has 0 spiro atoms. The van der Waals surface area contributed by atoms with E-state index in [1.807, 2.05) is 42.5 Å². The smallest absolute Gasteiger partial charge is 0.326 e. The molecule has 0 radical (unpaired) electrons. The van der Waals surface area contributed by atoms with Crippen molar-refractivity contribution in [3.8, 4) is 0 Å². The number of carboxylic acids is 1. The minimum atomic E-state index is -1.06. The van der Waals surface area contributed by atoms with E-state index in [0.29, 0.717) is 23.7 Å². The zero-order valence-corrected chi connectivity index (χ0v) is 18.7. The van der Waals surface area contributed by atoms with Crippen molar-refractivity contribution in [3.63, 3.8) is 0 Å². The van der Waals surface area contributed by atoms with Gasteiger partial charge in [0.05, 0.1) is 10.7 Å². The lowest BCUT2D eigenvalue weighted by atomic mass is 9.90. The maximum Gasteiger partial charge on any atom is 0.326 e. The molecule has 166 valence electrons. The van der Waals surface area contributed by atoms with Gasteiger partial charge >= 0.3 is 5.97 Å². The lowest BCUT2D eigenvalue weighted by Gasteiger charge is -2.17. The van der Waals surface area contributed by atoms with Gasteiger partial charge in [-0.15, -0.1) is 11.3 Å². The molecule has 2 aromatic carbocycles. The Morgan fingerprint density at radius 2 is 1.59 bits per heavy atom. The molecule has 32 heavy (non-hydrogen) atoms. The molecule has 1 atom stereocenters. The van der Waals surface area contributed by atoms with E-state index in [-0.39, 0.29) is 18.2 Å². The van der Waals surface area contributed by atoms with Crippen molar-refractivity contribution in [1.82, 2.24) is 5.32 Å². The predicted octanol–water partition coefficient (Wildman–Crippen LogP) is 4.27. The summed E-state index contributed by atoms with van der Waals surface area (Å²) in [6.07, 6.45) is 0.804. The molecular weight excluding hydrogens is 422 g/mol. The Balaban J connectivity index is 1.77. The fourth-order valence-corrected chi connectivity index (χ4v) is 4.55. The van der Waals surface area contributed by atoms with Gasteiger partial charge in [-0.2, -0.15) is 0 Å². The highest BCUT2D eigenvalue weighted by molar-refractivity contribution is 7.14. The molecule has 0 bridgehead atoms. The number of rotatable bonds is 10. The van der Waals surface area contributed by atoms with Crippen LogP contribution in [0, 0.1) is 0 Å². The SMILES string of the molecule is CC(N)=NCCC[C@H](NC(=O)c1ccc(C(c2ccccc2)c2ccccc2)s1)C(=O)O. The number of aliphatic imine (C=N–C) groups is 1. The molecule has 1 amide bonds. The van der Waals surface area contributed by atoms with Crippen LogP contribution < -0.4 is 11.1 Å². The normalized spacial score (nSPS) is 12.5. The van der Waals surface area contributed by atoms with Crippen LogP contribution in [0.25, 0.3) is 0 Å². The van der Waals surface area contributed by atoms with Crippen LogP contribution in [0.4, 0.5) is 0 Å². The minimum absolute atomic E-state index is 0.00316. The molecule has 0 fully saturated rings. The summed E-state index contributed by atoms with van der Waals surface area (Å²) < 4.78 is 0. The van der Waals surface area contributed by atoms with E-state index >= 15 is 0 Å². The van der Waals surface area contributed by atoms with Gasteiger partial charge in [-0.3, -0.25) is 9.79 Å². The molecule has 0 aliphatic carbocycles. The number of carbonyl (C=O) groups excluding carboxylic acids is 1. The lowest BCUT2D eigenvalue weighted by molar-refractivity contribution is -0.139. The average Bonchev–Trinajstić information content (AvgIpc) is 3.27. The highest BCUT2D eigenvalue weighted by Gasteiger charge is 2.23. The third-order valence-electron chi connectivity index (χ3n) is 5.02. The van der Waals surface area contributed by atoms with Gasteiger partial charge in [0.15, 0.2) is 0 Å². The number of nitrogens with zero attached hydrogens (tertiary/aromatic N) is 1. The average molecular weight is 450 g/mol. The van der Waals surface area contributed by atoms with Gasteiger partial charge in [-0.25, -0.2) is 4.79 Å². The van der Waals surface area contributed by atoms with Crippen LogP contribution in [-0.2, 0) is 4.79 Å². The van der Waals surface area contributed by atoms with Crippen LogP contribution >= 0.6 is 11.3 Å². The van der Waals surface area contributed by atoms with Crippen LogP contribution in [0.3, 0.4) is 0 Å². The van der Waals surface area contributed by atoms with Crippen molar-refractivity contribution in [2.45, 2.75) is 31.7 Å². The molecule has 6 nitrogen and oxygen atoms in total. The van der Waals surface area contributed by atoms with Crippen molar-refractivity contribution in [3.05, 3.63) is 93.7 Å². The van der Waals surface area contributed by atoms with Gasteiger partial charge in [0.1, 0.15) is 6.04 Å². The highest BCUT2D eigenvalue weighted by atomic mass is 32.1. The highest BCUT2D eigenvalue weighted by Crippen LogP contribution is 2.36. The van der Waals surface area contributed by atoms with E-state index < -0.39 is 12.0 Å². The van der Waals surface area contributed by atoms with Crippen LogP contribution in [0.15, 0.2) is 77.8 Å². The topological polar surface area (TPSA) is 105 Å². The first-order chi connectivity index (χ1) is 15.5. The van der Waals surface area contributed by atoms with Crippen LogP contribution in [0.5, 0.6) is 0 Å². The molecule has 0 unspecified atom stereocenters. The molecule has 7 heteroatoms. The fourth-order valence-electron chi connectivity index (χ4n) is 3.48. The number of amides is 1. The van der Waals surface area contributed by atoms with Crippen molar-refractivity contribution in [2.24, 2.45) is 10.7 Å². The van der Waals surface area contributed by atoms with Crippen molar-refractivity contribution < 1.29 is 14.7 Å². The Bertz CT molecular complexity index is 1020. The Morgan fingerprint density at radius 1 is 1.00 bits per heavy atom. The number of hydrogen-bond donors (Lipinski definition) is 3. The van der Waals surface area contributed by atoms with Gasteiger partial charge in [0.25, 0.3) is 5.91 Å². The second-order valence-corrected chi connectivity index (χ2v) is 8.60. The monoisotopic (exact) mass is 449 g/mol. The molecule has 3 rings (SSSR count). The standard InChI is InChI=1S/C25H27N3O3S/c1-17(26)27-16-8-13-20(25(30)31)28-24(29)22-15-14-21(32-22)23(18-9-4-2-5-10-18)19-11-6-3-7-12-19/h2-7,9-12,14-15,20,23H,8,13,16H2,1H3,(H2,26,27)(H,28,29)(H,30,31)/t20-/m0/s1. The summed E-state index contributed by atoms with van der Waals surface area (Å²) in [5.41, 5.74) is 7.76. The summed E-state index contributed by atoms with van der Waals surface area (Å²) in [5.74, 6) is -0.989. The number of benzene rings is 2. The zero-order chi connectivity index (χ0) is 22.9. The lowest BCUT2D eigenvalue weighted by Crippen LogP contribution is -2.40. The van der Waals surface area contributed by atoms with Crippen molar-refractivity contribution >= 4 is 29.0 Å². The van der Waals surface area contributed by atoms with E-state index in [0.717, 1.165) is 16.0 Å². The first-order valence-corrected chi connectivity index (χ1v) is 11.3. The molecule has 4 N–H and O–H groups in total. The Kier molecular flexibility index (Phi) is 8.16. The molecule has 0 saturated carbocycles. The van der Waals surface area contributed by atoms with E-state index in [4.69, 9.17) is 5.73 Å². The molecule has 1 heterocycles. The molecule has 0 aliphatic heterocycles. The largest absolute Gasteiger partial charge is 0.480 e. The Hall–Kier alpha value is -3.45. The van der Waals surface area contributed by atoms with Gasteiger partial charge < -0.3 is 16.2 Å². The second-order valence-electron chi connectivity index (χ2n) is 7.49. The maximum absolute atomic E-state index is 12.8. The summed E-state index contributed by atoms with van der Waals surface area (Å²) in [6.45, 7) is 2.12. The summed E-state index contributed by atoms with van der Waals surface area (Å²) >= 11 is 1.38. The van der Waals surface area contributed by atoms with Gasteiger partial charge in [-0.1, -0.05) is 60.7 Å². The van der Waals surface area contributed by atoms with Crippen LogP contribution in [0.1, 0.15) is 51.4 Å². The summed E-state index contributed by atoms with van der Waals surface area (Å²) in [7, 11) is 0. The minimum Gasteiger partial charge on any atom is -0.480 e. The summed E-state index contributed by atoms with van der Waals surface area (Å²) in [5, 5.41) is 12.1. The van der Waals surface area contributed by atoms with E-state index in [9.17, 15) is 14.7 Å². The van der Waals surface area contributed by atoms with Gasteiger partial charge in [0, 0.05) is 17.3 Å². The number of nitrogens with two attached hydrogens (primary N) is 1. The molecule has 0 saturated heterocycles.